The van der Waals surface area contributed by atoms with Crippen LogP contribution in [-0.2, 0) is 28.7 Å². The third-order valence-corrected chi connectivity index (χ3v) is 6.95. The minimum absolute atomic E-state index is 0.0334. The summed E-state index contributed by atoms with van der Waals surface area (Å²) in [5.41, 5.74) is 4.18. The van der Waals surface area contributed by atoms with Gasteiger partial charge in [0.05, 0.1) is 0 Å². The van der Waals surface area contributed by atoms with Crippen LogP contribution < -0.4 is 4.74 Å². The van der Waals surface area contributed by atoms with E-state index < -0.39 is 12.3 Å². The summed E-state index contributed by atoms with van der Waals surface area (Å²) in [4.78, 5) is 11.3. The molecule has 1 saturated heterocycles. The molecule has 7 heteroatoms. The van der Waals surface area contributed by atoms with Crippen LogP contribution in [0.2, 0.25) is 0 Å². The number of hydrogen-bond donors (Lipinski definition) is 2. The first-order valence-electron chi connectivity index (χ1n) is 14.2. The zero-order valence-corrected chi connectivity index (χ0v) is 22.7. The summed E-state index contributed by atoms with van der Waals surface area (Å²) >= 11 is 0. The SMILES string of the molecule is CCCCCCCCCc1ccc(-c2cc(CCCO)c(OCC3COC(=O)O3)c(CCCO)c2)cc1F. The van der Waals surface area contributed by atoms with Crippen LogP contribution in [0.15, 0.2) is 30.3 Å². The van der Waals surface area contributed by atoms with E-state index in [2.05, 4.69) is 6.92 Å². The molecule has 1 atom stereocenters. The van der Waals surface area contributed by atoms with Crippen LogP contribution in [-0.4, -0.2) is 48.9 Å². The molecule has 1 heterocycles. The van der Waals surface area contributed by atoms with Crippen molar-refractivity contribution in [3.63, 3.8) is 0 Å². The second-order valence-corrected chi connectivity index (χ2v) is 10.1. The van der Waals surface area contributed by atoms with Crippen LogP contribution in [0, 0.1) is 5.82 Å². The lowest BCUT2D eigenvalue weighted by Crippen LogP contribution is -2.21. The number of aliphatic hydroxyl groups is 2. The number of carbonyl (C=O) groups is 1. The number of benzene rings is 2. The lowest BCUT2D eigenvalue weighted by atomic mass is 9.93. The van der Waals surface area contributed by atoms with Gasteiger partial charge in [-0.1, -0.05) is 57.6 Å². The maximum Gasteiger partial charge on any atom is 0.508 e. The fourth-order valence-electron chi connectivity index (χ4n) is 4.84. The van der Waals surface area contributed by atoms with Crippen LogP contribution in [0.5, 0.6) is 5.75 Å². The van der Waals surface area contributed by atoms with Crippen LogP contribution >= 0.6 is 0 Å². The fourth-order valence-corrected chi connectivity index (χ4v) is 4.84. The van der Waals surface area contributed by atoms with Crippen molar-refractivity contribution < 1.29 is 33.6 Å². The highest BCUT2D eigenvalue weighted by molar-refractivity contribution is 5.68. The molecule has 0 bridgehead atoms. The molecule has 210 valence electrons. The molecule has 3 rings (SSSR count). The van der Waals surface area contributed by atoms with Gasteiger partial charge in [0.25, 0.3) is 0 Å². The van der Waals surface area contributed by atoms with Crippen LogP contribution in [0.25, 0.3) is 11.1 Å². The number of unbranched alkanes of at least 4 members (excludes halogenated alkanes) is 6. The van der Waals surface area contributed by atoms with E-state index >= 15 is 4.39 Å². The van der Waals surface area contributed by atoms with Gasteiger partial charge in [0.1, 0.15) is 24.8 Å². The van der Waals surface area contributed by atoms with Crippen LogP contribution in [0.4, 0.5) is 9.18 Å². The minimum atomic E-state index is -0.701. The molecule has 1 unspecified atom stereocenters. The summed E-state index contributed by atoms with van der Waals surface area (Å²) in [5.74, 6) is 0.473. The first-order chi connectivity index (χ1) is 18.5. The second kappa shape index (κ2) is 16.4. The quantitative estimate of drug-likeness (QED) is 0.168. The Bertz CT molecular complexity index is 979. The molecule has 0 radical (unpaired) electrons. The molecule has 2 aromatic carbocycles. The summed E-state index contributed by atoms with van der Waals surface area (Å²) < 4.78 is 31.1. The zero-order chi connectivity index (χ0) is 27.2. The highest BCUT2D eigenvalue weighted by atomic mass is 19.1. The van der Waals surface area contributed by atoms with Crippen molar-refractivity contribution in [1.82, 2.24) is 0 Å². The predicted molar refractivity (Wildman–Crippen MR) is 146 cm³/mol. The molecule has 0 aromatic heterocycles. The normalized spacial score (nSPS) is 14.9. The van der Waals surface area contributed by atoms with Gasteiger partial charge in [0.15, 0.2) is 6.10 Å². The predicted octanol–water partition coefficient (Wildman–Crippen LogP) is 6.55. The summed E-state index contributed by atoms with van der Waals surface area (Å²) in [6.45, 7) is 2.56. The number of ether oxygens (including phenoxy) is 3. The van der Waals surface area contributed by atoms with Crippen molar-refractivity contribution in [2.75, 3.05) is 26.4 Å². The average molecular weight is 531 g/mol. The Balaban J connectivity index is 1.76. The molecular weight excluding hydrogens is 487 g/mol. The Hall–Kier alpha value is -2.64. The van der Waals surface area contributed by atoms with E-state index in [1.54, 1.807) is 6.07 Å². The van der Waals surface area contributed by atoms with Gasteiger partial charge >= 0.3 is 6.16 Å². The molecule has 1 aliphatic heterocycles. The third kappa shape index (κ3) is 9.28. The van der Waals surface area contributed by atoms with Gasteiger partial charge in [-0.15, -0.1) is 0 Å². The molecule has 2 N–H and O–H groups in total. The standard InChI is InChI=1S/C31H43FO6/c1-2-3-4-5-6-7-8-11-23-14-15-24(20-29(23)32)27-18-25(12-9-16-33)30(26(19-27)13-10-17-34)36-21-28-22-37-31(35)38-28/h14-15,18-20,28,33-34H,2-13,16-17,21-22H2,1H3. The zero-order valence-electron chi connectivity index (χ0n) is 22.7. The Morgan fingerprint density at radius 1 is 0.842 bits per heavy atom. The number of cyclic esters (lactones) is 2. The largest absolute Gasteiger partial charge is 0.508 e. The molecule has 0 spiro atoms. The van der Waals surface area contributed by atoms with Crippen molar-refractivity contribution in [3.05, 3.63) is 52.8 Å². The smallest absolute Gasteiger partial charge is 0.489 e. The lowest BCUT2D eigenvalue weighted by molar-refractivity contribution is 0.0977. The molecule has 0 aliphatic carbocycles. The number of rotatable bonds is 18. The Morgan fingerprint density at radius 3 is 2.05 bits per heavy atom. The van der Waals surface area contributed by atoms with Crippen LogP contribution in [0.1, 0.15) is 81.4 Å². The van der Waals surface area contributed by atoms with Gasteiger partial charge in [-0.3, -0.25) is 0 Å². The molecular formula is C31H43FO6. The maximum absolute atomic E-state index is 15.1. The Labute approximate surface area is 226 Å². The number of carbonyl (C=O) groups excluding carboxylic acids is 1. The van der Waals surface area contributed by atoms with Crippen molar-refractivity contribution >= 4 is 6.16 Å². The monoisotopic (exact) mass is 530 g/mol. The Morgan fingerprint density at radius 2 is 1.47 bits per heavy atom. The highest BCUT2D eigenvalue weighted by Crippen LogP contribution is 2.34. The van der Waals surface area contributed by atoms with Crippen LogP contribution in [0.3, 0.4) is 0 Å². The molecule has 0 saturated carbocycles. The topological polar surface area (TPSA) is 85.2 Å². The first kappa shape index (κ1) is 29.9. The molecule has 6 nitrogen and oxygen atoms in total. The van der Waals surface area contributed by atoms with Gasteiger partial charge in [0, 0.05) is 13.2 Å². The van der Waals surface area contributed by atoms with E-state index in [1.165, 1.54) is 32.1 Å². The van der Waals surface area contributed by atoms with Gasteiger partial charge in [-0.2, -0.15) is 0 Å². The minimum Gasteiger partial charge on any atom is -0.489 e. The lowest BCUT2D eigenvalue weighted by Gasteiger charge is -2.19. The van der Waals surface area contributed by atoms with Crippen molar-refractivity contribution in [2.45, 2.75) is 90.1 Å². The van der Waals surface area contributed by atoms with Gasteiger partial charge in [-0.05, 0) is 84.5 Å². The first-order valence-corrected chi connectivity index (χ1v) is 14.2. The summed E-state index contributed by atoms with van der Waals surface area (Å²) in [7, 11) is 0. The van der Waals surface area contributed by atoms with Gasteiger partial charge in [0.2, 0.25) is 0 Å². The van der Waals surface area contributed by atoms with Crippen molar-refractivity contribution in [1.29, 1.82) is 0 Å². The summed E-state index contributed by atoms with van der Waals surface area (Å²) in [5, 5.41) is 18.9. The second-order valence-electron chi connectivity index (χ2n) is 10.1. The average Bonchev–Trinajstić information content (AvgIpc) is 3.34. The number of aliphatic hydroxyl groups excluding tert-OH is 2. The van der Waals surface area contributed by atoms with E-state index in [-0.39, 0.29) is 32.2 Å². The third-order valence-electron chi connectivity index (χ3n) is 6.95. The van der Waals surface area contributed by atoms with Crippen molar-refractivity contribution in [2.24, 2.45) is 0 Å². The fraction of sp³-hybridized carbons (Fsp3) is 0.581. The van der Waals surface area contributed by atoms with Gasteiger partial charge < -0.3 is 24.4 Å². The van der Waals surface area contributed by atoms with E-state index in [9.17, 15) is 15.0 Å². The molecule has 2 aromatic rings. The maximum atomic E-state index is 15.1. The van der Waals surface area contributed by atoms with E-state index in [0.29, 0.717) is 31.4 Å². The number of halogens is 1. The Kier molecular flexibility index (Phi) is 12.9. The van der Waals surface area contributed by atoms with Crippen molar-refractivity contribution in [3.8, 4) is 16.9 Å². The summed E-state index contributed by atoms with van der Waals surface area (Å²) in [6, 6.07) is 9.43. The molecule has 0 amide bonds. The van der Waals surface area contributed by atoms with Gasteiger partial charge in [-0.25, -0.2) is 9.18 Å². The molecule has 1 fully saturated rings. The molecule has 1 aliphatic rings. The highest BCUT2D eigenvalue weighted by Gasteiger charge is 2.26. The van der Waals surface area contributed by atoms with E-state index in [1.807, 2.05) is 24.3 Å². The van der Waals surface area contributed by atoms with E-state index in [0.717, 1.165) is 47.1 Å². The number of aryl methyl sites for hydroxylation is 3. The van der Waals surface area contributed by atoms with E-state index in [4.69, 9.17) is 14.2 Å². The summed E-state index contributed by atoms with van der Waals surface area (Å²) in [6.07, 6.45) is 10.2. The molecule has 38 heavy (non-hydrogen) atoms. The number of hydrogen-bond acceptors (Lipinski definition) is 6.